The highest BCUT2D eigenvalue weighted by Crippen LogP contribution is 2.35. The van der Waals surface area contributed by atoms with Gasteiger partial charge in [0.15, 0.2) is 35.4 Å². The second-order valence-electron chi connectivity index (χ2n) is 28.8. The molecule has 2 fully saturated rings. The molecule has 2 aliphatic rings. The maximum atomic E-state index is 12.8. The van der Waals surface area contributed by atoms with Crippen molar-refractivity contribution in [2.75, 3.05) is 40.1 Å². The molecule has 13 heterocycles. The molecule has 706 valence electrons. The summed E-state index contributed by atoms with van der Waals surface area (Å²) in [7, 11) is 3.93. The van der Waals surface area contributed by atoms with E-state index >= 15 is 0 Å². The second-order valence-corrected chi connectivity index (χ2v) is 35.1. The van der Waals surface area contributed by atoms with Gasteiger partial charge in [0.05, 0.1) is 45.6 Å². The van der Waals surface area contributed by atoms with E-state index in [1.807, 2.05) is 59.5 Å². The molecule has 3 unspecified atom stereocenters. The third kappa shape index (κ3) is 47.3. The molecule has 19 nitrogen and oxygen atoms in total. The Kier molecular flexibility index (Phi) is 54.6. The first-order valence-corrected chi connectivity index (χ1v) is 47.6. The molecule has 3 atom stereocenters. The Morgan fingerprint density at radius 3 is 1.32 bits per heavy atom. The predicted molar refractivity (Wildman–Crippen MR) is 499 cm³/mol. The van der Waals surface area contributed by atoms with Crippen LogP contribution in [0.3, 0.4) is 0 Å². The van der Waals surface area contributed by atoms with Crippen LogP contribution < -0.4 is 4.74 Å². The fourth-order valence-corrected chi connectivity index (χ4v) is 14.1. The van der Waals surface area contributed by atoms with Crippen molar-refractivity contribution in [1.82, 2.24) is 55.5 Å². The molecule has 38 heteroatoms. The number of Topliss-reactive ketones (excluding diaryl/α,β-unsaturated/α-hetero) is 3. The molecule has 0 bridgehead atoms. The summed E-state index contributed by atoms with van der Waals surface area (Å²) in [6.07, 6.45) is 15.4. The smallest absolute Gasteiger partial charge is 0.450 e. The van der Waals surface area contributed by atoms with Crippen LogP contribution in [-0.2, 0) is 70.3 Å². The number of aliphatic hydroxyl groups is 2. The van der Waals surface area contributed by atoms with Gasteiger partial charge >= 0.3 is 26.0 Å². The number of ether oxygens (including phenoxy) is 3. The van der Waals surface area contributed by atoms with Gasteiger partial charge in [-0.05, 0) is 241 Å². The van der Waals surface area contributed by atoms with Crippen LogP contribution in [0.2, 0.25) is 0 Å². The number of methoxy groups -OCH3 is 1. The topological polar surface area (TPSA) is 270 Å². The van der Waals surface area contributed by atoms with Gasteiger partial charge in [-0.2, -0.15) is 68.0 Å². The first-order valence-electron chi connectivity index (χ1n) is 42.1. The first kappa shape index (κ1) is 113. The lowest BCUT2D eigenvalue weighted by atomic mass is 10.1. The van der Waals surface area contributed by atoms with Crippen molar-refractivity contribution in [2.24, 2.45) is 0 Å². The number of aromatic nitrogens is 11. The van der Waals surface area contributed by atoms with Gasteiger partial charge in [-0.1, -0.05) is 84.6 Å². The van der Waals surface area contributed by atoms with Crippen LogP contribution in [0.25, 0.3) is 46.3 Å². The molecule has 13 rings (SSSR count). The van der Waals surface area contributed by atoms with Crippen molar-refractivity contribution in [2.45, 2.75) is 221 Å². The summed E-state index contributed by atoms with van der Waals surface area (Å²) in [6, 6.07) is 32.4. The van der Waals surface area contributed by atoms with Gasteiger partial charge in [0.2, 0.25) is 5.78 Å². The summed E-state index contributed by atoms with van der Waals surface area (Å²) in [5, 5.41) is 36.2. The molecule has 0 aromatic carbocycles. The van der Waals surface area contributed by atoms with E-state index in [0.717, 1.165) is 101 Å². The Hall–Kier alpha value is -8.73. The van der Waals surface area contributed by atoms with E-state index in [4.69, 9.17) is 20.6 Å². The molecule has 11 aromatic heterocycles. The Morgan fingerprint density at radius 1 is 0.527 bits per heavy atom. The molecule has 0 amide bonds. The number of aromatic amines is 3. The highest BCUT2D eigenvalue weighted by Gasteiger charge is 2.40. The van der Waals surface area contributed by atoms with Crippen LogP contribution in [0, 0.1) is 20.8 Å². The van der Waals surface area contributed by atoms with Gasteiger partial charge in [-0.25, -0.2) is 0 Å². The van der Waals surface area contributed by atoms with E-state index in [2.05, 4.69) is 112 Å². The Morgan fingerprint density at radius 2 is 0.922 bits per heavy atom. The van der Waals surface area contributed by atoms with E-state index in [0.29, 0.717) is 34.8 Å². The molecule has 2 aliphatic heterocycles. The summed E-state index contributed by atoms with van der Waals surface area (Å²) < 4.78 is 170. The van der Waals surface area contributed by atoms with Gasteiger partial charge in [0.1, 0.15) is 45.6 Å². The average molecular weight is 1950 g/mol. The number of alkyl halides is 12. The minimum atomic E-state index is -4.97. The van der Waals surface area contributed by atoms with Gasteiger partial charge < -0.3 is 24.4 Å². The summed E-state index contributed by atoms with van der Waals surface area (Å²) >= 11 is 9.47. The number of aliphatic hydroxyl groups excluding tert-OH is 2. The van der Waals surface area contributed by atoms with Crippen molar-refractivity contribution >= 4 is 104 Å². The number of nitrogens with zero attached hydrogens (tertiary/aromatic N) is 8. The van der Waals surface area contributed by atoms with Crippen LogP contribution in [0.15, 0.2) is 146 Å². The molecular formula is C91H115ClF12N11O8P2S4+. The van der Waals surface area contributed by atoms with E-state index < -0.39 is 72.9 Å². The summed E-state index contributed by atoms with van der Waals surface area (Å²) in [4.78, 5) is 58.4. The number of thiophene rings is 3. The maximum absolute atomic E-state index is 12.8. The molecule has 129 heavy (non-hydrogen) atoms. The zero-order chi connectivity index (χ0) is 95.4. The van der Waals surface area contributed by atoms with Crippen molar-refractivity contribution in [3.8, 4) is 39.2 Å². The zero-order valence-electron chi connectivity index (χ0n) is 74.5. The quantitative estimate of drug-likeness (QED) is 0.0100. The molecule has 0 aliphatic carbocycles. The normalized spacial score (nSPS) is 12.5. The Labute approximate surface area is 774 Å². The van der Waals surface area contributed by atoms with Gasteiger partial charge in [-0.3, -0.25) is 54.6 Å². The van der Waals surface area contributed by atoms with E-state index in [1.165, 1.54) is 149 Å². The number of carbonyl (C=O) groups is 3. The predicted octanol–water partition coefficient (Wildman–Crippen LogP) is 26.1. The average Bonchev–Trinajstić information content (AvgIpc) is 1.67. The monoisotopic (exact) mass is 1940 g/mol. The van der Waals surface area contributed by atoms with Crippen LogP contribution >= 0.6 is 62.3 Å². The third-order valence-corrected chi connectivity index (χ3v) is 21.4. The van der Waals surface area contributed by atoms with Gasteiger partial charge in [-0.15, -0.1) is 46.4 Å². The van der Waals surface area contributed by atoms with E-state index in [9.17, 15) is 72.2 Å². The van der Waals surface area contributed by atoms with Gasteiger partial charge in [0, 0.05) is 102 Å². The second kappa shape index (κ2) is 62.6. The highest BCUT2D eigenvalue weighted by molar-refractivity contribution is 8.24. The van der Waals surface area contributed by atoms with Crippen LogP contribution in [-0.4, -0.2) is 131 Å². The van der Waals surface area contributed by atoms with Crippen LogP contribution in [0.4, 0.5) is 52.7 Å². The number of hydrogen-bond acceptors (Lipinski definition) is 20. The third-order valence-electron chi connectivity index (χ3n) is 18.0. The number of ketones is 3. The first-order chi connectivity index (χ1) is 61.3. The molecule has 0 saturated carbocycles. The van der Waals surface area contributed by atoms with Crippen molar-refractivity contribution < 1.29 is 91.5 Å². The summed E-state index contributed by atoms with van der Waals surface area (Å²) in [5.41, 5.74) is 3.73. The van der Waals surface area contributed by atoms with Crippen molar-refractivity contribution in [1.29, 1.82) is 1.28 Å². The number of unbranched alkanes of at least 4 members (excludes halogenated alkanes) is 9. The highest BCUT2D eigenvalue weighted by atomic mass is 35.5. The van der Waals surface area contributed by atoms with E-state index in [1.54, 1.807) is 110 Å². The molecule has 11 aromatic rings. The summed E-state index contributed by atoms with van der Waals surface area (Å²) in [6.45, 7) is 18.7. The Bertz CT molecular complexity index is 5050. The zero-order valence-corrected chi connectivity index (χ0v) is 79.6. The number of pyridine rings is 5. The van der Waals surface area contributed by atoms with Crippen LogP contribution in [0.5, 0.6) is 5.06 Å². The number of H-pyrrole nitrogens is 3. The molecule has 0 spiro atoms. The van der Waals surface area contributed by atoms with Crippen molar-refractivity contribution in [3.63, 3.8) is 0 Å². The number of halogens is 13. The minimum absolute atomic E-state index is 0. The standard InChI is InChI=1S/C21H24F3N3OS.C21H22F3N3S.C11H18OS.C10H8F3N3.C10H8F3NO2.C8H9NO.2C4H8O.C2H6O.ClH.H2P2S/c1-2-3-4-5-6-15-7-8-19(29-15)18(28)12-14-9-10-25-16(11-14)17-13-20(27-26-17)21(22,23)24;1-2-3-4-5-6-16-9-10-17(28-16)8-7-15-11-12-25-18(13-15)19-14-20(27-26-19)21(22,23)24;1-3-4-5-6-7-10-8-9-11(12-2)13-10;1-6-2-3-14-7(4-6)8-5-9(16-15-8)10(11,12)13;1-6-2-3-14-7(4-6)8(15)5-9(16)10(11,12)13;1-6-3-4-9-8(5-6)7(2)10;2*1-2-4-5-3-1;1-2-3;;1-2-3/h7-11,13,18,28H,2-6,12H2,1H3,(H,26,27);7-14H,2-6H2,1H3,(H,26,27);8-9H,3-7H2,1-2H3;2-5H,1H3,(H,15,16);2-4H,5H2,1H3;3-5H,1-2H3;2*1-4H2;3H,2H2,1H3;1H;1H2/p+1/b;8-7+;;;;;;;;;/i/hT. The fourth-order valence-electron chi connectivity index (χ4n) is 11.3. The van der Waals surface area contributed by atoms with Crippen LogP contribution in [0.1, 0.15) is 240 Å². The molecule has 2 saturated heterocycles. The number of nitrogens with one attached hydrogen (secondary N) is 3. The lowest BCUT2D eigenvalue weighted by molar-refractivity contribution is -0.170. The molecule has 0 radical (unpaired) electrons. The lowest BCUT2D eigenvalue weighted by Gasteiger charge is -2.09. The number of hydrogen-bond donors (Lipinski definition) is 5. The molecular weight excluding hydrogens is 1830 g/mol. The summed E-state index contributed by atoms with van der Waals surface area (Å²) in [5.74, 6) is -2.96. The number of carbonyl (C=O) groups excluding carboxylic acids is 3. The Balaban J connectivity index is 0.000000397. The molecule has 5 N–H and O–H groups in total. The lowest BCUT2D eigenvalue weighted by Crippen LogP contribution is -2.25. The SMILES string of the molecule is C1CCOC1.C1CCOC1.CC(=O)c1cc(C)ccn1.CCCCCCc1ccc(/C=C/c2ccnc(-c3cc(C(F)(F)F)[nH]n3)c2)s1.CCCCCCc1ccc(C(O)Cc2ccnc(-c3cc(C(F)(F)F)[nH]n3)c2)s1.CCCCCCc1ccc(OC)s1.CCO.Cc1ccnc(-c2cc(C(F)(F)F)[nH]n2)c1.Cc1ccnc(C(=O)CC(=O)C(F)(F)F)c1.Cl.[3H][P+](P)=S. The maximum Gasteiger partial charge on any atom is 0.450 e. The van der Waals surface area contributed by atoms with Crippen molar-refractivity contribution in [3.05, 3.63) is 227 Å². The van der Waals surface area contributed by atoms with E-state index in [-0.39, 0.29) is 47.6 Å². The number of rotatable bonds is 28. The largest absolute Gasteiger partial charge is 0.487 e. The minimum Gasteiger partial charge on any atom is -0.487 e. The fraction of sp³-hybridized carbons (Fsp3) is 0.440. The number of aryl methyl sites for hydroxylation is 6. The van der Waals surface area contributed by atoms with Gasteiger partial charge in [0.25, 0.3) is 0 Å².